The second-order valence-corrected chi connectivity index (χ2v) is 11.7. The third kappa shape index (κ3) is 7.96. The lowest BCUT2D eigenvalue weighted by Gasteiger charge is -2.33. The van der Waals surface area contributed by atoms with E-state index in [4.69, 9.17) is 23.2 Å². The van der Waals surface area contributed by atoms with Gasteiger partial charge in [-0.2, -0.15) is 0 Å². The first-order valence-electron chi connectivity index (χ1n) is 12.1. The summed E-state index contributed by atoms with van der Waals surface area (Å²) in [7, 11) is -3.82. The van der Waals surface area contributed by atoms with Crippen molar-refractivity contribution in [1.82, 2.24) is 10.2 Å². The Hall–Kier alpha value is -3.07. The highest BCUT2D eigenvalue weighted by Crippen LogP contribution is 2.25. The van der Waals surface area contributed by atoms with Crippen LogP contribution < -0.4 is 9.62 Å². The first-order chi connectivity index (χ1) is 18.0. The maximum atomic E-state index is 14.0. The highest BCUT2D eigenvalue weighted by molar-refractivity contribution is 7.92. The molecule has 0 aromatic heterocycles. The lowest BCUT2D eigenvalue weighted by molar-refractivity contribution is -0.140. The van der Waals surface area contributed by atoms with Crippen LogP contribution >= 0.6 is 23.2 Å². The number of rotatable bonds is 11. The van der Waals surface area contributed by atoms with Crippen molar-refractivity contribution in [2.75, 3.05) is 23.7 Å². The van der Waals surface area contributed by atoms with E-state index < -0.39 is 28.5 Å². The lowest BCUT2D eigenvalue weighted by atomic mass is 10.0. The summed E-state index contributed by atoms with van der Waals surface area (Å²) in [5.41, 5.74) is 2.64. The minimum absolute atomic E-state index is 0.0190. The van der Waals surface area contributed by atoms with E-state index in [9.17, 15) is 18.0 Å². The Balaban J connectivity index is 2.07. The number of benzene rings is 3. The van der Waals surface area contributed by atoms with Crippen LogP contribution in [0.1, 0.15) is 23.6 Å². The van der Waals surface area contributed by atoms with Crippen LogP contribution in [-0.2, 0) is 32.6 Å². The van der Waals surface area contributed by atoms with Gasteiger partial charge in [0.05, 0.1) is 11.9 Å². The zero-order valence-corrected chi connectivity index (χ0v) is 23.9. The van der Waals surface area contributed by atoms with Crippen LogP contribution in [0, 0.1) is 6.92 Å². The van der Waals surface area contributed by atoms with Crippen molar-refractivity contribution < 1.29 is 18.0 Å². The highest BCUT2D eigenvalue weighted by atomic mass is 35.5. The van der Waals surface area contributed by atoms with Crippen LogP contribution in [0.3, 0.4) is 0 Å². The van der Waals surface area contributed by atoms with Gasteiger partial charge in [-0.1, -0.05) is 71.7 Å². The van der Waals surface area contributed by atoms with Gasteiger partial charge in [-0.05, 0) is 54.8 Å². The van der Waals surface area contributed by atoms with E-state index in [-0.39, 0.29) is 18.9 Å². The molecule has 0 spiro atoms. The molecule has 0 saturated heterocycles. The van der Waals surface area contributed by atoms with Crippen LogP contribution in [0.2, 0.25) is 10.0 Å². The monoisotopic (exact) mass is 575 g/mol. The summed E-state index contributed by atoms with van der Waals surface area (Å²) in [6.07, 6.45) is 1.28. The largest absolute Gasteiger partial charge is 0.355 e. The fourth-order valence-corrected chi connectivity index (χ4v) is 5.39. The fourth-order valence-electron chi connectivity index (χ4n) is 4.08. The Morgan fingerprint density at radius 3 is 2.29 bits per heavy atom. The van der Waals surface area contributed by atoms with Gasteiger partial charge in [-0.3, -0.25) is 13.9 Å². The van der Waals surface area contributed by atoms with Gasteiger partial charge in [0.25, 0.3) is 0 Å². The normalized spacial score (nSPS) is 12.0. The van der Waals surface area contributed by atoms with E-state index in [1.54, 1.807) is 43.3 Å². The molecule has 1 unspecified atom stereocenters. The number of likely N-dealkylation sites (N-methyl/N-ethyl adjacent to an activating group) is 1. The molecule has 0 aliphatic heterocycles. The number of carbonyl (C=O) groups is 2. The number of nitrogens with zero attached hydrogens (tertiary/aromatic N) is 2. The van der Waals surface area contributed by atoms with Crippen molar-refractivity contribution in [1.29, 1.82) is 0 Å². The van der Waals surface area contributed by atoms with Gasteiger partial charge in [-0.25, -0.2) is 8.42 Å². The summed E-state index contributed by atoms with van der Waals surface area (Å²) in [4.78, 5) is 28.7. The van der Waals surface area contributed by atoms with Crippen LogP contribution in [-0.4, -0.2) is 50.5 Å². The maximum absolute atomic E-state index is 14.0. The van der Waals surface area contributed by atoms with E-state index >= 15 is 0 Å². The number of sulfonamides is 1. The van der Waals surface area contributed by atoms with Gasteiger partial charge in [-0.15, -0.1) is 0 Å². The predicted molar refractivity (Wildman–Crippen MR) is 153 cm³/mol. The van der Waals surface area contributed by atoms with Gasteiger partial charge in [0, 0.05) is 29.6 Å². The van der Waals surface area contributed by atoms with Crippen molar-refractivity contribution in [3.05, 3.63) is 99.5 Å². The lowest BCUT2D eigenvalue weighted by Crippen LogP contribution is -2.53. The van der Waals surface area contributed by atoms with Crippen LogP contribution in [0.15, 0.2) is 72.8 Å². The Kier molecular flexibility index (Phi) is 10.2. The molecule has 0 radical (unpaired) electrons. The summed E-state index contributed by atoms with van der Waals surface area (Å²) < 4.78 is 26.6. The molecule has 0 saturated carbocycles. The molecule has 7 nitrogen and oxygen atoms in total. The van der Waals surface area contributed by atoms with Crippen molar-refractivity contribution in [3.63, 3.8) is 0 Å². The second-order valence-electron chi connectivity index (χ2n) is 8.97. The van der Waals surface area contributed by atoms with Gasteiger partial charge < -0.3 is 10.2 Å². The highest BCUT2D eigenvalue weighted by Gasteiger charge is 2.33. The smallest absolute Gasteiger partial charge is 0.244 e. The number of hydrogen-bond donors (Lipinski definition) is 1. The van der Waals surface area contributed by atoms with Crippen LogP contribution in [0.25, 0.3) is 0 Å². The summed E-state index contributed by atoms with van der Waals surface area (Å²) in [5.74, 6) is -0.897. The fraction of sp³-hybridized carbons (Fsp3) is 0.286. The summed E-state index contributed by atoms with van der Waals surface area (Å²) in [6.45, 7) is 3.49. The first kappa shape index (κ1) is 29.5. The van der Waals surface area contributed by atoms with E-state index in [1.807, 2.05) is 43.3 Å². The molecule has 0 fully saturated rings. The minimum atomic E-state index is -3.82. The first-order valence-corrected chi connectivity index (χ1v) is 14.7. The Morgan fingerprint density at radius 1 is 0.974 bits per heavy atom. The molecule has 3 aromatic carbocycles. The molecule has 0 bridgehead atoms. The zero-order chi connectivity index (χ0) is 27.9. The standard InChI is InChI=1S/C28H31Cl2N3O4S/c1-4-31-28(35)26(16-21-10-6-5-7-11-21)32(18-22-13-14-23(29)17-25(22)30)27(34)19-33(38(3,36)37)24-12-8-9-20(2)15-24/h5-15,17,26H,4,16,18-19H2,1-3H3,(H,31,35). The van der Waals surface area contributed by atoms with E-state index in [2.05, 4.69) is 5.32 Å². The van der Waals surface area contributed by atoms with Crippen LogP contribution in [0.5, 0.6) is 0 Å². The molecule has 0 aliphatic carbocycles. The molecular formula is C28H31Cl2N3O4S. The zero-order valence-electron chi connectivity index (χ0n) is 21.5. The molecule has 0 aliphatic rings. The average Bonchev–Trinajstić information content (AvgIpc) is 2.85. The molecule has 3 aromatic rings. The van der Waals surface area contributed by atoms with Crippen molar-refractivity contribution in [3.8, 4) is 0 Å². The molecule has 1 atom stereocenters. The molecule has 3 rings (SSSR count). The predicted octanol–water partition coefficient (Wildman–Crippen LogP) is 4.84. The molecule has 38 heavy (non-hydrogen) atoms. The van der Waals surface area contributed by atoms with Gasteiger partial charge in [0.2, 0.25) is 21.8 Å². The topological polar surface area (TPSA) is 86.8 Å². The molecular weight excluding hydrogens is 545 g/mol. The average molecular weight is 577 g/mol. The van der Waals surface area contributed by atoms with Crippen molar-refractivity contribution in [2.45, 2.75) is 32.9 Å². The number of halogens is 2. The second kappa shape index (κ2) is 13.1. The van der Waals surface area contributed by atoms with E-state index in [0.29, 0.717) is 27.8 Å². The maximum Gasteiger partial charge on any atom is 0.244 e. The SMILES string of the molecule is CCNC(=O)C(Cc1ccccc1)N(Cc1ccc(Cl)cc1Cl)C(=O)CN(c1cccc(C)c1)S(C)(=O)=O. The van der Waals surface area contributed by atoms with Gasteiger partial charge in [0.1, 0.15) is 12.6 Å². The minimum Gasteiger partial charge on any atom is -0.355 e. The number of carbonyl (C=O) groups excluding carboxylic acids is 2. The van der Waals surface area contributed by atoms with Crippen molar-refractivity contribution in [2.24, 2.45) is 0 Å². The van der Waals surface area contributed by atoms with Gasteiger partial charge in [0.15, 0.2) is 0 Å². The quantitative estimate of drug-likeness (QED) is 0.354. The van der Waals surface area contributed by atoms with Crippen LogP contribution in [0.4, 0.5) is 5.69 Å². The number of hydrogen-bond acceptors (Lipinski definition) is 4. The third-order valence-electron chi connectivity index (χ3n) is 5.95. The summed E-state index contributed by atoms with van der Waals surface area (Å²) in [5, 5.41) is 3.59. The number of nitrogens with one attached hydrogen (secondary N) is 1. The molecule has 1 N–H and O–H groups in total. The van der Waals surface area contributed by atoms with E-state index in [1.165, 1.54) is 4.90 Å². The third-order valence-corrected chi connectivity index (χ3v) is 7.67. The number of anilines is 1. The Bertz CT molecular complexity index is 1380. The molecule has 0 heterocycles. The Morgan fingerprint density at radius 2 is 1.68 bits per heavy atom. The summed E-state index contributed by atoms with van der Waals surface area (Å²) in [6, 6.07) is 20.2. The number of aryl methyl sites for hydroxylation is 1. The molecule has 2 amide bonds. The Labute approximate surface area is 234 Å². The number of amides is 2. The summed E-state index contributed by atoms with van der Waals surface area (Å²) >= 11 is 12.5. The van der Waals surface area contributed by atoms with E-state index in [0.717, 1.165) is 21.7 Å². The molecule has 10 heteroatoms. The van der Waals surface area contributed by atoms with Crippen molar-refractivity contribution >= 4 is 50.7 Å². The molecule has 202 valence electrons. The van der Waals surface area contributed by atoms with Gasteiger partial charge >= 0.3 is 0 Å².